The molecule has 93 heavy (non-hydrogen) atoms. The highest BCUT2D eigenvalue weighted by Crippen LogP contribution is 2.53. The number of aliphatic hydroxyl groups is 5. The highest BCUT2D eigenvalue weighted by atomic mass is 35.5. The highest BCUT2D eigenvalue weighted by Gasteiger charge is 2.73. The number of esters is 2. The standard InChI is InChI=1S/C59H84Cl2O32/c1-20-34(45(73-12)36(61)37(66)35(20)60)52(69)85-40-21(2)78-32(14-28(40)64)83-41-23(4)88-57(15-29(41)65)92-49-24(5)79-33(16-56(49,9)93-57)84-46-39(68)53(80-22(3)42(46)72-11)86-43-30(17-71-10)82-55(47(74-13)38(43)67)87-54-48(81-27(8)63)44-31(18-75-54)90-59(91-44)51-50(76-19-77-51)58(70,25(6)62)26(7)89-59/h21-24,26,28-33,38-44,46-51,53-55,64-68,70H,14-19H2,1-13H3/t21-,22-,23-,24-,26-,28-,29-,30-,31+,32+,33+,38+,39-,40-,41-,42+,43-,44-,46-,47+,48-,49-,50-,51-,53+,54-,55+,56-,57?,58+,59-/m1/s1. The van der Waals surface area contributed by atoms with Gasteiger partial charge in [-0.2, -0.15) is 0 Å². The SMILES string of the molecule is COC[C@H]1O[C@@H](O[C@H]2OC[C@@H]3O[C@]4(O[C@H]3[C@H]2OC(C)=O)O[C@H](C)[C@@](O)(C(C)=O)[C@@H]2OCO[C@H]24)[C@@H](OC)[C@@H](O)[C@@H]1O[C@@H]1O[C@H](C)[C@H](OC)[C@H](O[C@H]2C[C@@]3(C)OC4(C[C@@H](O)[C@H](O[C@H]5C[C@@H](O)[C@H](OC(=O)c6c(C)c(Cl)c(O)c(Cl)c6OC)[C@@H](C)O5)[C@@H](C)O4)O[C@@H]3[C@@H](C)O2)[C@H]1O. The first kappa shape index (κ1) is 71.3. The number of Topliss-reactive ketones (excluding diaryl/α,β-unsaturated/α-hetero) is 1. The number of benzene rings is 1. The van der Waals surface area contributed by atoms with Crippen molar-refractivity contribution in [3.63, 3.8) is 0 Å². The van der Waals surface area contributed by atoms with E-state index in [2.05, 4.69) is 0 Å². The van der Waals surface area contributed by atoms with E-state index in [9.17, 15) is 45.0 Å². The minimum absolute atomic E-state index is 0.00377. The second-order valence-corrected chi connectivity index (χ2v) is 26.0. The van der Waals surface area contributed by atoms with Crippen molar-refractivity contribution in [2.75, 3.05) is 48.4 Å². The van der Waals surface area contributed by atoms with Gasteiger partial charge >= 0.3 is 17.9 Å². The first-order valence-corrected chi connectivity index (χ1v) is 31.5. The minimum Gasteiger partial charge on any atom is -0.505 e. The largest absolute Gasteiger partial charge is 0.505 e. The predicted molar refractivity (Wildman–Crippen MR) is 304 cm³/mol. The van der Waals surface area contributed by atoms with Crippen molar-refractivity contribution in [2.24, 2.45) is 0 Å². The quantitative estimate of drug-likeness (QED) is 0.115. The Morgan fingerprint density at radius 1 is 0.634 bits per heavy atom. The monoisotopic (exact) mass is 1370 g/mol. The van der Waals surface area contributed by atoms with Crippen LogP contribution in [0.15, 0.2) is 0 Å². The summed E-state index contributed by atoms with van der Waals surface area (Å²) in [6, 6.07) is 0. The zero-order valence-electron chi connectivity index (χ0n) is 53.4. The number of aliphatic hydroxyl groups excluding tert-OH is 4. The van der Waals surface area contributed by atoms with Crippen molar-refractivity contribution in [2.45, 2.75) is 270 Å². The highest BCUT2D eigenvalue weighted by molar-refractivity contribution is 6.39. The third kappa shape index (κ3) is 13.0. The number of halogens is 2. The van der Waals surface area contributed by atoms with Gasteiger partial charge in [0, 0.05) is 41.1 Å². The van der Waals surface area contributed by atoms with E-state index in [4.69, 9.17) is 132 Å². The van der Waals surface area contributed by atoms with E-state index in [1.54, 1.807) is 34.6 Å². The molecular weight excluding hydrogens is 1290 g/mol. The van der Waals surface area contributed by atoms with Gasteiger partial charge in [0.2, 0.25) is 6.29 Å². The van der Waals surface area contributed by atoms with Gasteiger partial charge in [0.25, 0.3) is 5.97 Å². The number of rotatable bonds is 17. The van der Waals surface area contributed by atoms with Crippen LogP contribution in [0.3, 0.4) is 0 Å². The molecule has 0 aliphatic carbocycles. The zero-order valence-corrected chi connectivity index (χ0v) is 54.9. The number of hydrogen-bond acceptors (Lipinski definition) is 32. The van der Waals surface area contributed by atoms with Crippen molar-refractivity contribution in [3.8, 4) is 11.5 Å². The van der Waals surface area contributed by atoms with Gasteiger partial charge in [0.15, 0.2) is 66.4 Å². The second kappa shape index (κ2) is 27.6. The van der Waals surface area contributed by atoms with E-state index in [0.717, 1.165) is 6.92 Å². The Morgan fingerprint density at radius 2 is 1.32 bits per heavy atom. The van der Waals surface area contributed by atoms with Gasteiger partial charge in [-0.25, -0.2) is 4.79 Å². The van der Waals surface area contributed by atoms with Crippen molar-refractivity contribution < 1.29 is 154 Å². The second-order valence-electron chi connectivity index (χ2n) is 25.2. The number of ketones is 1. The van der Waals surface area contributed by atoms with Crippen LogP contribution in [-0.4, -0.2) is 286 Å². The first-order chi connectivity index (χ1) is 44.0. The molecule has 10 fully saturated rings. The molecule has 10 heterocycles. The maximum atomic E-state index is 13.5. The van der Waals surface area contributed by atoms with Gasteiger partial charge < -0.3 is 140 Å². The van der Waals surface area contributed by atoms with Gasteiger partial charge in [-0.1, -0.05) is 23.2 Å². The molecule has 6 N–H and O–H groups in total. The van der Waals surface area contributed by atoms with Crippen LogP contribution in [-0.2, 0) is 114 Å². The Labute approximate surface area is 544 Å². The summed E-state index contributed by atoms with van der Waals surface area (Å²) in [6.07, 6.45) is -32.7. The predicted octanol–water partition coefficient (Wildman–Crippen LogP) is 0.416. The molecule has 0 radical (unpaired) electrons. The smallest absolute Gasteiger partial charge is 0.342 e. The van der Waals surface area contributed by atoms with E-state index in [0.29, 0.717) is 0 Å². The minimum atomic E-state index is -2.12. The Balaban J connectivity index is 0.715. The Morgan fingerprint density at radius 3 is 1.98 bits per heavy atom. The molecule has 526 valence electrons. The Hall–Kier alpha value is -2.99. The number of methoxy groups -OCH3 is 4. The maximum absolute atomic E-state index is 13.5. The van der Waals surface area contributed by atoms with Crippen molar-refractivity contribution in [1.82, 2.24) is 0 Å². The molecule has 1 aromatic carbocycles. The lowest BCUT2D eigenvalue weighted by molar-refractivity contribution is -0.428. The normalized spacial score (nSPS) is 48.0. The number of carbonyl (C=O) groups excluding carboxylic acids is 3. The fourth-order valence-electron chi connectivity index (χ4n) is 14.5. The van der Waals surface area contributed by atoms with Gasteiger partial charge in [0.1, 0.15) is 96.2 Å². The molecule has 10 aliphatic rings. The molecular formula is C59H84Cl2O32. The summed E-state index contributed by atoms with van der Waals surface area (Å²) in [5, 5.41) is 68.9. The third-order valence-corrected chi connectivity index (χ3v) is 19.8. The number of hydrogen-bond donors (Lipinski definition) is 6. The molecule has 11 rings (SSSR count). The lowest BCUT2D eigenvalue weighted by Crippen LogP contribution is -2.72. The third-order valence-electron chi connectivity index (χ3n) is 19.0. The first-order valence-electron chi connectivity index (χ1n) is 30.8. The summed E-state index contributed by atoms with van der Waals surface area (Å²) >= 11 is 12.5. The van der Waals surface area contributed by atoms with Crippen molar-refractivity contribution in [3.05, 3.63) is 21.2 Å². The molecule has 0 bridgehead atoms. The fourth-order valence-corrected chi connectivity index (χ4v) is 15.0. The van der Waals surface area contributed by atoms with Gasteiger partial charge in [-0.05, 0) is 61.0 Å². The van der Waals surface area contributed by atoms with Gasteiger partial charge in [-0.3, -0.25) is 9.59 Å². The molecule has 1 unspecified atom stereocenters. The Bertz CT molecular complexity index is 2840. The van der Waals surface area contributed by atoms with Crippen LogP contribution in [0, 0.1) is 6.92 Å². The van der Waals surface area contributed by atoms with Crippen LogP contribution >= 0.6 is 23.2 Å². The van der Waals surface area contributed by atoms with Crippen molar-refractivity contribution in [1.29, 1.82) is 0 Å². The number of carbonyl (C=O) groups is 3. The Kier molecular flexibility index (Phi) is 21.2. The van der Waals surface area contributed by atoms with Crippen LogP contribution in [0.4, 0.5) is 0 Å². The molecule has 0 saturated carbocycles. The average Bonchev–Trinajstić information content (AvgIpc) is 1.59. The van der Waals surface area contributed by atoms with E-state index in [1.807, 2.05) is 0 Å². The van der Waals surface area contributed by atoms with E-state index >= 15 is 0 Å². The van der Waals surface area contributed by atoms with Crippen LogP contribution < -0.4 is 4.74 Å². The number of fused-ring (bicyclic) bond motifs is 4. The number of phenols is 1. The molecule has 32 nitrogen and oxygen atoms in total. The number of ether oxygens (including phenoxy) is 23. The summed E-state index contributed by atoms with van der Waals surface area (Å²) in [5.74, 6) is -6.85. The van der Waals surface area contributed by atoms with Crippen LogP contribution in [0.5, 0.6) is 11.5 Å². The number of aromatic hydroxyl groups is 1. The molecule has 1 aromatic rings. The maximum Gasteiger partial charge on any atom is 0.342 e. The average molecular weight is 1380 g/mol. The summed E-state index contributed by atoms with van der Waals surface area (Å²) in [6.45, 7) is 12.9. The lowest BCUT2D eigenvalue weighted by atomic mass is 9.81. The summed E-state index contributed by atoms with van der Waals surface area (Å²) in [7, 11) is 5.34. The van der Waals surface area contributed by atoms with E-state index < -0.39 is 212 Å². The molecule has 10 aliphatic heterocycles. The molecule has 0 amide bonds. The molecule has 10 saturated heterocycles. The van der Waals surface area contributed by atoms with Crippen molar-refractivity contribution >= 4 is 40.9 Å². The molecule has 0 aromatic heterocycles. The fraction of sp³-hybridized carbons (Fsp3) is 0.847. The van der Waals surface area contributed by atoms with Crippen LogP contribution in [0.1, 0.15) is 90.6 Å². The van der Waals surface area contributed by atoms with E-state index in [1.165, 1.54) is 49.2 Å². The van der Waals surface area contributed by atoms with Crippen LogP contribution in [0.25, 0.3) is 0 Å². The van der Waals surface area contributed by atoms with Gasteiger partial charge in [0.05, 0.1) is 74.5 Å². The topological polar surface area (TPSA) is 385 Å². The van der Waals surface area contributed by atoms with Crippen LogP contribution in [0.2, 0.25) is 10.0 Å². The summed E-state index contributed by atoms with van der Waals surface area (Å²) in [4.78, 5) is 39.1. The molecule has 31 atom stereocenters. The summed E-state index contributed by atoms with van der Waals surface area (Å²) in [5.41, 5.74) is -3.33. The van der Waals surface area contributed by atoms with Gasteiger partial charge in [-0.15, -0.1) is 0 Å². The molecule has 2 spiro atoms. The molecule has 34 heteroatoms. The zero-order chi connectivity index (χ0) is 67.3. The summed E-state index contributed by atoms with van der Waals surface area (Å²) < 4.78 is 141. The number of phenolic OH excluding ortho intramolecular Hbond substituents is 1. The lowest BCUT2D eigenvalue weighted by Gasteiger charge is -2.49. The van der Waals surface area contributed by atoms with E-state index in [-0.39, 0.29) is 66.2 Å².